The van der Waals surface area contributed by atoms with E-state index in [9.17, 15) is 0 Å². The maximum Gasteiger partial charge on any atom is 0.168 e. The fourth-order valence-corrected chi connectivity index (χ4v) is 2.50. The number of rotatable bonds is 1. The summed E-state index contributed by atoms with van der Waals surface area (Å²) in [6, 6.07) is 8.54. The van der Waals surface area contributed by atoms with Gasteiger partial charge < -0.3 is 4.90 Å². The van der Waals surface area contributed by atoms with Crippen LogP contribution in [0.25, 0.3) is 0 Å². The molecule has 3 rings (SSSR count). The summed E-state index contributed by atoms with van der Waals surface area (Å²) in [7, 11) is 0. The maximum atomic E-state index is 4.13. The van der Waals surface area contributed by atoms with Gasteiger partial charge in [-0.25, -0.2) is 0 Å². The highest BCUT2D eigenvalue weighted by atomic mass is 32.1. The Kier molecular flexibility index (Phi) is 2.14. The van der Waals surface area contributed by atoms with Crippen LogP contribution in [0, 0.1) is 0 Å². The first-order valence-corrected chi connectivity index (χ1v) is 5.91. The average molecular weight is 217 g/mol. The topological polar surface area (TPSA) is 29.0 Å². The number of nitrogens with zero attached hydrogens (tertiary/aromatic N) is 3. The smallest absolute Gasteiger partial charge is 0.168 e. The molecule has 76 valence electrons. The Morgan fingerprint density at radius 3 is 3.07 bits per heavy atom. The van der Waals surface area contributed by atoms with Gasteiger partial charge in [0.1, 0.15) is 0 Å². The number of anilines is 2. The molecule has 0 saturated heterocycles. The number of para-hydroxylation sites is 1. The minimum absolute atomic E-state index is 0.979. The molecule has 0 aliphatic carbocycles. The van der Waals surface area contributed by atoms with E-state index in [2.05, 4.69) is 38.8 Å². The first kappa shape index (κ1) is 8.85. The predicted octanol–water partition coefficient (Wildman–Crippen LogP) is 2.62. The highest BCUT2D eigenvalue weighted by molar-refractivity contribution is 7.03. The van der Waals surface area contributed by atoms with Crippen molar-refractivity contribution in [2.75, 3.05) is 11.4 Å². The van der Waals surface area contributed by atoms with Crippen molar-refractivity contribution >= 4 is 23.0 Å². The van der Waals surface area contributed by atoms with E-state index in [4.69, 9.17) is 0 Å². The molecule has 0 bridgehead atoms. The van der Waals surface area contributed by atoms with Gasteiger partial charge in [-0.1, -0.05) is 22.7 Å². The summed E-state index contributed by atoms with van der Waals surface area (Å²) in [6.45, 7) is 1.04. The third-order valence-corrected chi connectivity index (χ3v) is 3.23. The molecule has 0 saturated carbocycles. The lowest BCUT2D eigenvalue weighted by Gasteiger charge is -2.28. The molecule has 0 spiro atoms. The van der Waals surface area contributed by atoms with Gasteiger partial charge in [0.2, 0.25) is 0 Å². The van der Waals surface area contributed by atoms with Crippen LogP contribution in [0.2, 0.25) is 0 Å². The molecule has 0 N–H and O–H groups in total. The van der Waals surface area contributed by atoms with Gasteiger partial charge in [-0.15, -0.1) is 5.10 Å². The van der Waals surface area contributed by atoms with E-state index in [0.29, 0.717) is 0 Å². The van der Waals surface area contributed by atoms with Crippen LogP contribution < -0.4 is 4.90 Å². The summed E-state index contributed by atoms with van der Waals surface area (Å²) in [5, 5.41) is 6.14. The summed E-state index contributed by atoms with van der Waals surface area (Å²) in [5.74, 6) is 0.979. The van der Waals surface area contributed by atoms with Crippen LogP contribution in [-0.2, 0) is 6.42 Å². The monoisotopic (exact) mass is 217 g/mol. The fraction of sp³-hybridized carbons (Fsp3) is 0.273. The van der Waals surface area contributed by atoms with Crippen LogP contribution in [0.1, 0.15) is 12.0 Å². The number of aromatic nitrogens is 2. The first-order valence-electron chi connectivity index (χ1n) is 5.07. The summed E-state index contributed by atoms with van der Waals surface area (Å²) >= 11 is 1.41. The predicted molar refractivity (Wildman–Crippen MR) is 61.7 cm³/mol. The van der Waals surface area contributed by atoms with Crippen molar-refractivity contribution in [1.82, 2.24) is 9.59 Å². The second-order valence-electron chi connectivity index (χ2n) is 3.65. The molecule has 0 unspecified atom stereocenters. The van der Waals surface area contributed by atoms with Gasteiger partial charge in [0.25, 0.3) is 0 Å². The van der Waals surface area contributed by atoms with E-state index in [1.54, 1.807) is 0 Å². The van der Waals surface area contributed by atoms with Gasteiger partial charge in [-0.05, 0) is 36.0 Å². The number of fused-ring (bicyclic) bond motifs is 1. The van der Waals surface area contributed by atoms with Gasteiger partial charge in [0, 0.05) is 12.2 Å². The van der Waals surface area contributed by atoms with Crippen LogP contribution in [0.5, 0.6) is 0 Å². The third-order valence-electron chi connectivity index (χ3n) is 2.74. The zero-order valence-corrected chi connectivity index (χ0v) is 9.07. The van der Waals surface area contributed by atoms with Gasteiger partial charge in [0.15, 0.2) is 5.82 Å². The molecule has 0 atom stereocenters. The highest BCUT2D eigenvalue weighted by Gasteiger charge is 2.18. The normalized spacial score (nSPS) is 15.1. The minimum Gasteiger partial charge on any atom is -0.324 e. The minimum atomic E-state index is 0.979. The van der Waals surface area contributed by atoms with Crippen molar-refractivity contribution in [3.63, 3.8) is 0 Å². The SMILES string of the molecule is c1ccc2c(c1)CCCN2c1csnn1. The molecular weight excluding hydrogens is 206 g/mol. The third kappa shape index (κ3) is 1.51. The van der Waals surface area contributed by atoms with Crippen LogP contribution in [0.4, 0.5) is 11.5 Å². The summed E-state index contributed by atoms with van der Waals surface area (Å²) in [6.07, 6.45) is 2.36. The number of aryl methyl sites for hydroxylation is 1. The van der Waals surface area contributed by atoms with Crippen LogP contribution in [0.15, 0.2) is 29.6 Å². The molecule has 0 radical (unpaired) electrons. The first-order chi connectivity index (χ1) is 7.45. The molecule has 0 amide bonds. The molecule has 1 aromatic heterocycles. The van der Waals surface area contributed by atoms with Crippen molar-refractivity contribution < 1.29 is 0 Å². The fourth-order valence-electron chi connectivity index (χ4n) is 2.05. The van der Waals surface area contributed by atoms with E-state index < -0.39 is 0 Å². The van der Waals surface area contributed by atoms with Crippen LogP contribution in [0.3, 0.4) is 0 Å². The molecule has 4 heteroatoms. The molecule has 1 aliphatic heterocycles. The molecule has 1 aliphatic rings. The molecule has 2 aromatic rings. The van der Waals surface area contributed by atoms with Crippen molar-refractivity contribution in [3.05, 3.63) is 35.2 Å². The number of hydrogen-bond acceptors (Lipinski definition) is 4. The molecule has 0 fully saturated rings. The van der Waals surface area contributed by atoms with Crippen molar-refractivity contribution in [1.29, 1.82) is 0 Å². The molecule has 3 nitrogen and oxygen atoms in total. The van der Waals surface area contributed by atoms with Gasteiger partial charge in [0.05, 0.1) is 5.38 Å². The summed E-state index contributed by atoms with van der Waals surface area (Å²) in [4.78, 5) is 2.25. The van der Waals surface area contributed by atoms with E-state index in [0.717, 1.165) is 12.4 Å². The second-order valence-corrected chi connectivity index (χ2v) is 4.26. The molecule has 2 heterocycles. The average Bonchev–Trinajstić information content (AvgIpc) is 2.82. The lowest BCUT2D eigenvalue weighted by molar-refractivity contribution is 0.758. The summed E-state index contributed by atoms with van der Waals surface area (Å²) < 4.78 is 3.92. The van der Waals surface area contributed by atoms with Gasteiger partial charge in [-0.3, -0.25) is 0 Å². The van der Waals surface area contributed by atoms with E-state index in [1.807, 2.05) is 5.38 Å². The Hall–Kier alpha value is -1.42. The van der Waals surface area contributed by atoms with Crippen molar-refractivity contribution in [3.8, 4) is 0 Å². The number of hydrogen-bond donors (Lipinski definition) is 0. The highest BCUT2D eigenvalue weighted by Crippen LogP contribution is 2.32. The molecule has 1 aromatic carbocycles. The Labute approximate surface area is 92.5 Å². The summed E-state index contributed by atoms with van der Waals surface area (Å²) in [5.41, 5.74) is 2.70. The largest absolute Gasteiger partial charge is 0.324 e. The van der Waals surface area contributed by atoms with Crippen LogP contribution in [-0.4, -0.2) is 16.1 Å². The maximum absolute atomic E-state index is 4.13. The molecule has 15 heavy (non-hydrogen) atoms. The second kappa shape index (κ2) is 3.62. The zero-order valence-electron chi connectivity index (χ0n) is 8.26. The van der Waals surface area contributed by atoms with E-state index in [1.165, 1.54) is 35.6 Å². The Morgan fingerprint density at radius 2 is 2.20 bits per heavy atom. The van der Waals surface area contributed by atoms with E-state index >= 15 is 0 Å². The van der Waals surface area contributed by atoms with Crippen molar-refractivity contribution in [2.24, 2.45) is 0 Å². The molecular formula is C11H11N3S. The Morgan fingerprint density at radius 1 is 1.27 bits per heavy atom. The number of benzene rings is 1. The standard InChI is InChI=1S/C11H11N3S/c1-2-6-10-9(4-1)5-3-7-14(10)11-8-15-13-12-11/h1-2,4,6,8H,3,5,7H2. The Bertz CT molecular complexity index is 453. The quantitative estimate of drug-likeness (QED) is 0.735. The Balaban J connectivity index is 2.06. The van der Waals surface area contributed by atoms with E-state index in [-0.39, 0.29) is 0 Å². The lowest BCUT2D eigenvalue weighted by Crippen LogP contribution is -2.24. The zero-order chi connectivity index (χ0) is 10.1. The van der Waals surface area contributed by atoms with Crippen molar-refractivity contribution in [2.45, 2.75) is 12.8 Å². The van der Waals surface area contributed by atoms with Crippen LogP contribution >= 0.6 is 11.5 Å². The van der Waals surface area contributed by atoms with Gasteiger partial charge in [-0.2, -0.15) is 0 Å². The lowest BCUT2D eigenvalue weighted by atomic mass is 10.0. The van der Waals surface area contributed by atoms with Gasteiger partial charge >= 0.3 is 0 Å².